The van der Waals surface area contributed by atoms with Crippen molar-refractivity contribution in [3.05, 3.63) is 33.8 Å². The molecule has 1 aliphatic heterocycles. The van der Waals surface area contributed by atoms with E-state index in [-0.39, 0.29) is 12.7 Å². The largest absolute Gasteiger partial charge is 0.469 e. The van der Waals surface area contributed by atoms with Crippen LogP contribution in [0.5, 0.6) is 0 Å². The van der Waals surface area contributed by atoms with E-state index in [4.69, 9.17) is 37.4 Å². The number of carbonyl (C=O) groups excluding carboxylic acids is 1. The highest BCUT2D eigenvalue weighted by Gasteiger charge is 2.35. The molecule has 0 amide bonds. The lowest BCUT2D eigenvalue weighted by Crippen LogP contribution is -2.29. The first-order chi connectivity index (χ1) is 14.5. The summed E-state index contributed by atoms with van der Waals surface area (Å²) in [6.07, 6.45) is 3.85. The summed E-state index contributed by atoms with van der Waals surface area (Å²) in [4.78, 5) is 11.9. The maximum atomic E-state index is 11.9. The predicted molar refractivity (Wildman–Crippen MR) is 122 cm³/mol. The molecule has 30 heavy (non-hydrogen) atoms. The Balaban J connectivity index is 0.00000198. The molecular formula is C23H35Cl2NO4. The molecule has 0 radical (unpaired) electrons. The first kappa shape index (κ1) is 28.7. The summed E-state index contributed by atoms with van der Waals surface area (Å²) in [5.41, 5.74) is -0.397. The van der Waals surface area contributed by atoms with E-state index in [2.05, 4.69) is 6.07 Å². The smallest absolute Gasteiger partial charge is 0.307 e. The number of ether oxygens (including phenoxy) is 3. The van der Waals surface area contributed by atoms with Gasteiger partial charge in [-0.15, -0.1) is 0 Å². The zero-order chi connectivity index (χ0) is 23.0. The summed E-state index contributed by atoms with van der Waals surface area (Å²) >= 11 is 12.1. The van der Waals surface area contributed by atoms with Crippen molar-refractivity contribution in [3.63, 3.8) is 0 Å². The van der Waals surface area contributed by atoms with Crippen molar-refractivity contribution in [2.75, 3.05) is 20.3 Å². The summed E-state index contributed by atoms with van der Waals surface area (Å²) in [6.45, 7) is 9.18. The molecule has 1 saturated heterocycles. The third kappa shape index (κ3) is 9.22. The molecular weight excluding hydrogens is 425 g/mol. The van der Waals surface area contributed by atoms with E-state index in [0.717, 1.165) is 25.9 Å². The Bertz CT molecular complexity index is 657. The molecule has 2 rings (SSSR count). The van der Waals surface area contributed by atoms with Gasteiger partial charge in [-0.3, -0.25) is 4.79 Å². The normalized spacial score (nSPS) is 17.2. The molecule has 0 aliphatic carbocycles. The van der Waals surface area contributed by atoms with E-state index >= 15 is 0 Å². The van der Waals surface area contributed by atoms with Crippen molar-refractivity contribution in [2.24, 2.45) is 0 Å². The van der Waals surface area contributed by atoms with Crippen LogP contribution in [-0.4, -0.2) is 32.6 Å². The number of carbonyl (C=O) groups is 1. The highest BCUT2D eigenvalue weighted by Crippen LogP contribution is 2.36. The number of esters is 1. The lowest BCUT2D eigenvalue weighted by Gasteiger charge is -2.27. The van der Waals surface area contributed by atoms with E-state index in [9.17, 15) is 10.1 Å². The molecule has 1 aromatic carbocycles. The Labute approximate surface area is 191 Å². The first-order valence-electron chi connectivity index (χ1n) is 10.7. The van der Waals surface area contributed by atoms with E-state index in [1.54, 1.807) is 18.2 Å². The fourth-order valence-corrected chi connectivity index (χ4v) is 3.34. The van der Waals surface area contributed by atoms with Crippen molar-refractivity contribution >= 4 is 29.2 Å². The average Bonchev–Trinajstić information content (AvgIpc) is 2.81. The summed E-state index contributed by atoms with van der Waals surface area (Å²) in [5.74, 6) is -0.450. The number of hydrogen-bond donors (Lipinski definition) is 0. The Morgan fingerprint density at radius 2 is 1.93 bits per heavy atom. The summed E-state index contributed by atoms with van der Waals surface area (Å²) in [6, 6.07) is 7.29. The minimum Gasteiger partial charge on any atom is -0.469 e. The van der Waals surface area contributed by atoms with Gasteiger partial charge in [0.05, 0.1) is 35.1 Å². The molecule has 170 valence electrons. The molecule has 0 spiro atoms. The lowest BCUT2D eigenvalue weighted by atomic mass is 9.75. The molecule has 2 unspecified atom stereocenters. The zero-order valence-corrected chi connectivity index (χ0v) is 20.3. The van der Waals surface area contributed by atoms with Crippen LogP contribution in [0.3, 0.4) is 0 Å². The molecule has 1 aromatic rings. The van der Waals surface area contributed by atoms with Crippen LogP contribution in [0.1, 0.15) is 71.8 Å². The maximum absolute atomic E-state index is 11.9. The van der Waals surface area contributed by atoms with Gasteiger partial charge < -0.3 is 14.2 Å². The number of rotatable bonds is 8. The number of nitriles is 1. The molecule has 2 atom stereocenters. The molecule has 0 N–H and O–H groups in total. The lowest BCUT2D eigenvalue weighted by molar-refractivity contribution is -0.163. The van der Waals surface area contributed by atoms with E-state index in [0.29, 0.717) is 35.1 Å². The Kier molecular flexibility index (Phi) is 15.7. The van der Waals surface area contributed by atoms with Gasteiger partial charge in [-0.2, -0.15) is 5.26 Å². The fourth-order valence-electron chi connectivity index (χ4n) is 3.04. The molecule has 0 bridgehead atoms. The summed E-state index contributed by atoms with van der Waals surface area (Å²) in [5, 5.41) is 10.6. The predicted octanol–water partition coefficient (Wildman–Crippen LogP) is 6.69. The molecule has 5 nitrogen and oxygen atoms in total. The van der Waals surface area contributed by atoms with Gasteiger partial charge in [-0.25, -0.2) is 0 Å². The summed E-state index contributed by atoms with van der Waals surface area (Å²) in [7, 11) is 1.31. The number of benzene rings is 1. The zero-order valence-electron chi connectivity index (χ0n) is 18.8. The average molecular weight is 460 g/mol. The molecule has 1 fully saturated rings. The van der Waals surface area contributed by atoms with Crippen molar-refractivity contribution < 1.29 is 19.0 Å². The Morgan fingerprint density at radius 3 is 2.47 bits per heavy atom. The number of methoxy groups -OCH3 is 1. The SMILES string of the molecule is CC.CC.COC(=O)CC(C#N)(CCCOC1CCCCO1)c1ccc(Cl)c(Cl)c1. The van der Waals surface area contributed by atoms with Crippen LogP contribution < -0.4 is 0 Å². The minimum absolute atomic E-state index is 0.0576. The van der Waals surface area contributed by atoms with Crippen LogP contribution in [0.2, 0.25) is 10.0 Å². The van der Waals surface area contributed by atoms with E-state index in [1.165, 1.54) is 7.11 Å². The van der Waals surface area contributed by atoms with Gasteiger partial charge in [0.15, 0.2) is 6.29 Å². The van der Waals surface area contributed by atoms with Gasteiger partial charge in [0.25, 0.3) is 0 Å². The Hall–Kier alpha value is -1.32. The van der Waals surface area contributed by atoms with Crippen LogP contribution in [0.15, 0.2) is 18.2 Å². The van der Waals surface area contributed by atoms with Gasteiger partial charge in [0.1, 0.15) is 0 Å². The topological polar surface area (TPSA) is 68.6 Å². The standard InChI is InChI=1S/C19H23Cl2NO4.2C2H6/c1-24-17(23)12-19(13-22,14-6-7-15(20)16(21)11-14)8-4-10-26-18-5-2-3-9-25-18;2*1-2/h6-7,11,18H,2-5,8-10,12H2,1H3;2*1-2H3. The van der Waals surface area contributed by atoms with Crippen LogP contribution in [0.25, 0.3) is 0 Å². The van der Waals surface area contributed by atoms with Crippen molar-refractivity contribution in [1.29, 1.82) is 5.26 Å². The highest BCUT2D eigenvalue weighted by molar-refractivity contribution is 6.42. The van der Waals surface area contributed by atoms with Crippen LogP contribution >= 0.6 is 23.2 Å². The molecule has 0 aromatic heterocycles. The quantitative estimate of drug-likeness (QED) is 0.319. The second kappa shape index (κ2) is 16.4. The van der Waals surface area contributed by atoms with Crippen LogP contribution in [0.4, 0.5) is 0 Å². The molecule has 7 heteroatoms. The van der Waals surface area contributed by atoms with Crippen molar-refractivity contribution in [3.8, 4) is 6.07 Å². The molecule has 1 heterocycles. The monoisotopic (exact) mass is 459 g/mol. The van der Waals surface area contributed by atoms with Gasteiger partial charge in [0, 0.05) is 13.2 Å². The van der Waals surface area contributed by atoms with Crippen LogP contribution in [0, 0.1) is 11.3 Å². The van der Waals surface area contributed by atoms with Crippen molar-refractivity contribution in [1.82, 2.24) is 0 Å². The second-order valence-electron chi connectivity index (χ2n) is 6.35. The maximum Gasteiger partial charge on any atom is 0.307 e. The number of halogens is 2. The molecule has 1 aliphatic rings. The first-order valence-corrected chi connectivity index (χ1v) is 11.4. The second-order valence-corrected chi connectivity index (χ2v) is 7.16. The third-order valence-corrected chi connectivity index (χ3v) is 5.29. The van der Waals surface area contributed by atoms with Crippen LogP contribution in [-0.2, 0) is 24.4 Å². The van der Waals surface area contributed by atoms with Gasteiger partial charge >= 0.3 is 5.97 Å². The highest BCUT2D eigenvalue weighted by atomic mass is 35.5. The van der Waals surface area contributed by atoms with E-state index < -0.39 is 11.4 Å². The number of hydrogen-bond acceptors (Lipinski definition) is 5. The van der Waals surface area contributed by atoms with Gasteiger partial charge in [-0.05, 0) is 49.8 Å². The minimum atomic E-state index is -1.04. The third-order valence-electron chi connectivity index (χ3n) is 4.55. The van der Waals surface area contributed by atoms with Crippen molar-refractivity contribution in [2.45, 2.75) is 77.9 Å². The Morgan fingerprint density at radius 1 is 1.23 bits per heavy atom. The van der Waals surface area contributed by atoms with E-state index in [1.807, 2.05) is 27.7 Å². The molecule has 0 saturated carbocycles. The summed E-state index contributed by atoms with van der Waals surface area (Å²) < 4.78 is 16.1. The fraction of sp³-hybridized carbons (Fsp3) is 0.652. The number of nitrogens with zero attached hydrogens (tertiary/aromatic N) is 1. The van der Waals surface area contributed by atoms with Gasteiger partial charge in [-0.1, -0.05) is 57.0 Å². The van der Waals surface area contributed by atoms with Gasteiger partial charge in [0.2, 0.25) is 0 Å².